The van der Waals surface area contributed by atoms with Crippen molar-refractivity contribution in [3.8, 4) is 0 Å². The molecule has 0 aliphatic carbocycles. The molecule has 0 spiro atoms. The molecule has 110 valence electrons. The fourth-order valence-corrected chi connectivity index (χ4v) is 2.70. The van der Waals surface area contributed by atoms with Gasteiger partial charge in [0.1, 0.15) is 6.10 Å². The average Bonchev–Trinajstić information content (AvgIpc) is 2.42. The number of carbonyl (C=O) groups is 1. The van der Waals surface area contributed by atoms with Crippen molar-refractivity contribution in [3.05, 3.63) is 34.9 Å². The summed E-state index contributed by atoms with van der Waals surface area (Å²) in [6, 6.07) is 7.31. The SMILES string of the molecule is C[C@H](CN1CCCCC1)OC(=O)Cc1ccc(Cl)cc1. The minimum absolute atomic E-state index is 0.0482. The molecule has 1 fully saturated rings. The molecule has 0 N–H and O–H groups in total. The average molecular weight is 296 g/mol. The number of piperidine rings is 1. The van der Waals surface area contributed by atoms with Crippen LogP contribution in [0.1, 0.15) is 31.7 Å². The summed E-state index contributed by atoms with van der Waals surface area (Å²) in [5.41, 5.74) is 0.935. The summed E-state index contributed by atoms with van der Waals surface area (Å²) < 4.78 is 5.47. The van der Waals surface area contributed by atoms with E-state index in [1.54, 1.807) is 12.1 Å². The van der Waals surface area contributed by atoms with E-state index in [4.69, 9.17) is 16.3 Å². The van der Waals surface area contributed by atoms with Gasteiger partial charge in [0.15, 0.2) is 0 Å². The second kappa shape index (κ2) is 7.65. The third-order valence-corrected chi connectivity index (χ3v) is 3.81. The highest BCUT2D eigenvalue weighted by molar-refractivity contribution is 6.30. The molecule has 1 heterocycles. The normalized spacial score (nSPS) is 17.7. The minimum atomic E-state index is -0.170. The Balaban J connectivity index is 1.74. The van der Waals surface area contributed by atoms with Crippen LogP contribution in [0.3, 0.4) is 0 Å². The van der Waals surface area contributed by atoms with E-state index in [1.807, 2.05) is 19.1 Å². The fraction of sp³-hybridized carbons (Fsp3) is 0.562. The zero-order chi connectivity index (χ0) is 14.4. The van der Waals surface area contributed by atoms with Crippen molar-refractivity contribution in [2.45, 2.75) is 38.7 Å². The van der Waals surface area contributed by atoms with Crippen LogP contribution in [0.25, 0.3) is 0 Å². The van der Waals surface area contributed by atoms with E-state index >= 15 is 0 Å². The van der Waals surface area contributed by atoms with Gasteiger partial charge in [-0.1, -0.05) is 30.2 Å². The van der Waals surface area contributed by atoms with Crippen LogP contribution in [0.4, 0.5) is 0 Å². The van der Waals surface area contributed by atoms with E-state index in [1.165, 1.54) is 19.3 Å². The first kappa shape index (κ1) is 15.3. The van der Waals surface area contributed by atoms with E-state index in [0.717, 1.165) is 25.2 Å². The van der Waals surface area contributed by atoms with Gasteiger partial charge in [-0.05, 0) is 50.6 Å². The first-order valence-electron chi connectivity index (χ1n) is 7.30. The molecule has 1 saturated heterocycles. The van der Waals surface area contributed by atoms with Crippen LogP contribution in [-0.2, 0) is 16.0 Å². The zero-order valence-corrected chi connectivity index (χ0v) is 12.7. The molecule has 0 amide bonds. The van der Waals surface area contributed by atoms with Crippen LogP contribution >= 0.6 is 11.6 Å². The Bertz CT molecular complexity index is 427. The molecule has 0 unspecified atom stereocenters. The number of esters is 1. The van der Waals surface area contributed by atoms with Gasteiger partial charge in [-0.3, -0.25) is 9.69 Å². The van der Waals surface area contributed by atoms with Crippen LogP contribution in [-0.4, -0.2) is 36.6 Å². The lowest BCUT2D eigenvalue weighted by molar-refractivity contribution is -0.148. The number of hydrogen-bond donors (Lipinski definition) is 0. The van der Waals surface area contributed by atoms with Gasteiger partial charge in [0.05, 0.1) is 6.42 Å². The smallest absolute Gasteiger partial charge is 0.310 e. The Morgan fingerprint density at radius 2 is 1.90 bits per heavy atom. The molecule has 2 rings (SSSR count). The molecule has 3 nitrogen and oxygen atoms in total. The Hall–Kier alpha value is -1.06. The Morgan fingerprint density at radius 1 is 1.25 bits per heavy atom. The van der Waals surface area contributed by atoms with Gasteiger partial charge in [-0.2, -0.15) is 0 Å². The van der Waals surface area contributed by atoms with Crippen LogP contribution in [0, 0.1) is 0 Å². The number of benzene rings is 1. The van der Waals surface area contributed by atoms with Gasteiger partial charge in [0, 0.05) is 11.6 Å². The highest BCUT2D eigenvalue weighted by Gasteiger charge is 2.16. The largest absolute Gasteiger partial charge is 0.461 e. The van der Waals surface area contributed by atoms with Crippen LogP contribution in [0.15, 0.2) is 24.3 Å². The molecule has 0 bridgehead atoms. The standard InChI is InChI=1S/C16H22ClNO2/c1-13(12-18-9-3-2-4-10-18)20-16(19)11-14-5-7-15(17)8-6-14/h5-8,13H,2-4,9-12H2,1H3/t13-/m1/s1. The third kappa shape index (κ3) is 5.14. The van der Waals surface area contributed by atoms with Crippen molar-refractivity contribution in [2.75, 3.05) is 19.6 Å². The molecule has 1 atom stereocenters. The van der Waals surface area contributed by atoms with E-state index in [-0.39, 0.29) is 12.1 Å². The lowest BCUT2D eigenvalue weighted by atomic mass is 10.1. The topological polar surface area (TPSA) is 29.5 Å². The van der Waals surface area contributed by atoms with Crippen LogP contribution in [0.2, 0.25) is 5.02 Å². The molecule has 0 radical (unpaired) electrons. The van der Waals surface area contributed by atoms with Gasteiger partial charge in [-0.25, -0.2) is 0 Å². The molecule has 0 aromatic heterocycles. The first-order valence-corrected chi connectivity index (χ1v) is 7.67. The zero-order valence-electron chi connectivity index (χ0n) is 12.0. The van der Waals surface area contributed by atoms with Crippen molar-refractivity contribution in [2.24, 2.45) is 0 Å². The van der Waals surface area contributed by atoms with Gasteiger partial charge in [0.25, 0.3) is 0 Å². The number of halogens is 1. The molecular formula is C16H22ClNO2. The summed E-state index contributed by atoms with van der Waals surface area (Å²) in [7, 11) is 0. The van der Waals surface area contributed by atoms with Gasteiger partial charge >= 0.3 is 5.97 Å². The molecule has 0 saturated carbocycles. The monoisotopic (exact) mass is 295 g/mol. The number of rotatable bonds is 5. The lowest BCUT2D eigenvalue weighted by Gasteiger charge is -2.28. The summed E-state index contributed by atoms with van der Waals surface area (Å²) in [5, 5.41) is 0.681. The summed E-state index contributed by atoms with van der Waals surface area (Å²) in [5.74, 6) is -0.170. The van der Waals surface area contributed by atoms with Crippen molar-refractivity contribution in [3.63, 3.8) is 0 Å². The molecule has 1 aromatic carbocycles. The Labute approximate surface area is 125 Å². The second-order valence-corrected chi connectivity index (χ2v) is 5.90. The van der Waals surface area contributed by atoms with Crippen molar-refractivity contribution in [1.82, 2.24) is 4.90 Å². The quantitative estimate of drug-likeness (QED) is 0.781. The number of carbonyl (C=O) groups excluding carboxylic acids is 1. The van der Waals surface area contributed by atoms with E-state index in [9.17, 15) is 4.79 Å². The Kier molecular flexibility index (Phi) is 5.86. The highest BCUT2D eigenvalue weighted by Crippen LogP contribution is 2.12. The van der Waals surface area contributed by atoms with Crippen molar-refractivity contribution >= 4 is 17.6 Å². The predicted octanol–water partition coefficient (Wildman–Crippen LogP) is 3.30. The van der Waals surface area contributed by atoms with Crippen molar-refractivity contribution < 1.29 is 9.53 Å². The first-order chi connectivity index (χ1) is 9.63. The number of likely N-dealkylation sites (tertiary alicyclic amines) is 1. The molecule has 1 aliphatic rings. The summed E-state index contributed by atoms with van der Waals surface area (Å²) in [4.78, 5) is 14.3. The van der Waals surface area contributed by atoms with E-state index < -0.39 is 0 Å². The predicted molar refractivity (Wildman–Crippen MR) is 81.0 cm³/mol. The maximum absolute atomic E-state index is 11.9. The summed E-state index contributed by atoms with van der Waals surface area (Å²) in [6.07, 6.45) is 4.09. The van der Waals surface area contributed by atoms with Crippen molar-refractivity contribution in [1.29, 1.82) is 0 Å². The number of hydrogen-bond acceptors (Lipinski definition) is 3. The maximum atomic E-state index is 11.9. The highest BCUT2D eigenvalue weighted by atomic mass is 35.5. The van der Waals surface area contributed by atoms with E-state index in [2.05, 4.69) is 4.90 Å². The fourth-order valence-electron chi connectivity index (χ4n) is 2.58. The van der Waals surface area contributed by atoms with Crippen LogP contribution < -0.4 is 0 Å². The lowest BCUT2D eigenvalue weighted by Crippen LogP contribution is -2.37. The molecule has 1 aromatic rings. The molecule has 4 heteroatoms. The van der Waals surface area contributed by atoms with Crippen LogP contribution in [0.5, 0.6) is 0 Å². The number of ether oxygens (including phenoxy) is 1. The number of nitrogens with zero attached hydrogens (tertiary/aromatic N) is 1. The van der Waals surface area contributed by atoms with Gasteiger partial charge < -0.3 is 4.74 Å². The second-order valence-electron chi connectivity index (χ2n) is 5.46. The maximum Gasteiger partial charge on any atom is 0.310 e. The van der Waals surface area contributed by atoms with Gasteiger partial charge in [-0.15, -0.1) is 0 Å². The summed E-state index contributed by atoms with van der Waals surface area (Å²) in [6.45, 7) is 5.05. The third-order valence-electron chi connectivity index (χ3n) is 3.56. The molecule has 1 aliphatic heterocycles. The minimum Gasteiger partial charge on any atom is -0.461 e. The van der Waals surface area contributed by atoms with E-state index in [0.29, 0.717) is 11.4 Å². The Morgan fingerprint density at radius 3 is 2.55 bits per heavy atom. The summed E-state index contributed by atoms with van der Waals surface area (Å²) >= 11 is 5.82. The molecular weight excluding hydrogens is 274 g/mol. The molecule has 20 heavy (non-hydrogen) atoms. The van der Waals surface area contributed by atoms with Gasteiger partial charge in [0.2, 0.25) is 0 Å².